The maximum atomic E-state index is 11.3. The number of thiazole rings is 1. The lowest BCUT2D eigenvalue weighted by molar-refractivity contribution is 0.598. The van der Waals surface area contributed by atoms with Crippen LogP contribution in [-0.4, -0.2) is 13.4 Å². The van der Waals surface area contributed by atoms with Crippen molar-refractivity contribution in [1.29, 1.82) is 0 Å². The Morgan fingerprint density at radius 1 is 1.42 bits per heavy atom. The standard InChI is InChI=1S/C11H14N4O2S2/c1-7-14-5-8(18-7)6-15-11-4-9(19(13,16)17)2-3-10(11)12/h2-5,15H,6,12H2,1H3,(H2,13,16,17). The van der Waals surface area contributed by atoms with Crippen molar-refractivity contribution in [3.8, 4) is 0 Å². The fraction of sp³-hybridized carbons (Fsp3) is 0.182. The minimum absolute atomic E-state index is 0.0321. The molecule has 0 amide bonds. The molecule has 1 aromatic heterocycles. The molecule has 5 N–H and O–H groups in total. The zero-order valence-corrected chi connectivity index (χ0v) is 11.9. The van der Waals surface area contributed by atoms with Crippen molar-refractivity contribution in [2.24, 2.45) is 5.14 Å². The number of primary sulfonamides is 1. The van der Waals surface area contributed by atoms with Crippen LogP contribution >= 0.6 is 11.3 Å². The van der Waals surface area contributed by atoms with Gasteiger partial charge < -0.3 is 11.1 Å². The van der Waals surface area contributed by atoms with Gasteiger partial charge in [-0.3, -0.25) is 0 Å². The van der Waals surface area contributed by atoms with E-state index < -0.39 is 10.0 Å². The number of aromatic nitrogens is 1. The molecule has 0 bridgehead atoms. The van der Waals surface area contributed by atoms with Gasteiger partial charge in [-0.25, -0.2) is 18.5 Å². The molecular formula is C11H14N4O2S2. The number of sulfonamides is 1. The van der Waals surface area contributed by atoms with Crippen molar-refractivity contribution in [2.75, 3.05) is 11.1 Å². The van der Waals surface area contributed by atoms with Crippen LogP contribution < -0.4 is 16.2 Å². The average Bonchev–Trinajstić information content (AvgIpc) is 2.72. The van der Waals surface area contributed by atoms with Crippen LogP contribution in [0.3, 0.4) is 0 Å². The van der Waals surface area contributed by atoms with Gasteiger partial charge in [-0.1, -0.05) is 0 Å². The molecule has 0 radical (unpaired) electrons. The molecular weight excluding hydrogens is 284 g/mol. The Bertz CT molecular complexity index is 694. The Morgan fingerprint density at radius 2 is 2.16 bits per heavy atom. The highest BCUT2D eigenvalue weighted by Crippen LogP contribution is 2.23. The molecule has 2 aromatic rings. The maximum Gasteiger partial charge on any atom is 0.238 e. The second kappa shape index (κ2) is 5.16. The molecule has 102 valence electrons. The molecule has 2 rings (SSSR count). The largest absolute Gasteiger partial charge is 0.397 e. The number of nitrogens with zero attached hydrogens (tertiary/aromatic N) is 1. The maximum absolute atomic E-state index is 11.3. The molecule has 6 nitrogen and oxygen atoms in total. The Kier molecular flexibility index (Phi) is 3.74. The second-order valence-corrected chi connectivity index (χ2v) is 6.87. The number of nitrogen functional groups attached to an aromatic ring is 1. The molecule has 1 heterocycles. The number of aryl methyl sites for hydroxylation is 1. The van der Waals surface area contributed by atoms with Gasteiger partial charge in [0, 0.05) is 11.1 Å². The van der Waals surface area contributed by atoms with Crippen LogP contribution in [0.15, 0.2) is 29.3 Å². The second-order valence-electron chi connectivity index (χ2n) is 3.99. The molecule has 0 saturated carbocycles. The molecule has 19 heavy (non-hydrogen) atoms. The Labute approximate surface area is 115 Å². The van der Waals surface area contributed by atoms with E-state index in [4.69, 9.17) is 10.9 Å². The van der Waals surface area contributed by atoms with E-state index in [1.165, 1.54) is 18.2 Å². The summed E-state index contributed by atoms with van der Waals surface area (Å²) in [5.74, 6) is 0. The molecule has 1 aromatic carbocycles. The number of benzene rings is 1. The van der Waals surface area contributed by atoms with Gasteiger partial charge in [-0.05, 0) is 25.1 Å². The van der Waals surface area contributed by atoms with E-state index in [0.29, 0.717) is 17.9 Å². The van der Waals surface area contributed by atoms with Gasteiger partial charge in [-0.2, -0.15) is 0 Å². The molecule has 0 aliphatic heterocycles. The van der Waals surface area contributed by atoms with Crippen LogP contribution in [0.2, 0.25) is 0 Å². The van der Waals surface area contributed by atoms with Crippen LogP contribution in [0.5, 0.6) is 0 Å². The van der Waals surface area contributed by atoms with Gasteiger partial charge in [0.15, 0.2) is 0 Å². The third-order valence-electron chi connectivity index (χ3n) is 2.48. The number of rotatable bonds is 4. The van der Waals surface area contributed by atoms with Crippen molar-refractivity contribution in [3.63, 3.8) is 0 Å². The monoisotopic (exact) mass is 298 g/mol. The normalized spacial score (nSPS) is 11.5. The summed E-state index contributed by atoms with van der Waals surface area (Å²) in [6.07, 6.45) is 1.77. The Balaban J connectivity index is 2.20. The third-order valence-corrected chi connectivity index (χ3v) is 4.30. The molecule has 0 fully saturated rings. The van der Waals surface area contributed by atoms with Gasteiger partial charge in [0.05, 0.1) is 27.8 Å². The fourth-order valence-electron chi connectivity index (χ4n) is 1.53. The summed E-state index contributed by atoms with van der Waals surface area (Å²) in [5.41, 5.74) is 6.80. The van der Waals surface area contributed by atoms with Crippen LogP contribution in [0.25, 0.3) is 0 Å². The van der Waals surface area contributed by atoms with E-state index in [9.17, 15) is 8.42 Å². The first kappa shape index (κ1) is 13.8. The quantitative estimate of drug-likeness (QED) is 0.737. The fourth-order valence-corrected chi connectivity index (χ4v) is 2.81. The van der Waals surface area contributed by atoms with E-state index in [2.05, 4.69) is 10.3 Å². The van der Waals surface area contributed by atoms with Crippen LogP contribution in [-0.2, 0) is 16.6 Å². The van der Waals surface area contributed by atoms with E-state index in [1.54, 1.807) is 17.5 Å². The van der Waals surface area contributed by atoms with Crippen LogP contribution in [0, 0.1) is 6.92 Å². The summed E-state index contributed by atoms with van der Waals surface area (Å²) in [7, 11) is -3.73. The summed E-state index contributed by atoms with van der Waals surface area (Å²) in [6, 6.07) is 4.32. The van der Waals surface area contributed by atoms with Gasteiger partial charge in [-0.15, -0.1) is 11.3 Å². The van der Waals surface area contributed by atoms with Crippen molar-refractivity contribution < 1.29 is 8.42 Å². The number of anilines is 2. The number of hydrogen-bond acceptors (Lipinski definition) is 6. The lowest BCUT2D eigenvalue weighted by Crippen LogP contribution is -2.13. The summed E-state index contributed by atoms with van der Waals surface area (Å²) >= 11 is 1.57. The van der Waals surface area contributed by atoms with Crippen molar-refractivity contribution in [1.82, 2.24) is 4.98 Å². The summed E-state index contributed by atoms with van der Waals surface area (Å²) < 4.78 is 22.6. The van der Waals surface area contributed by atoms with E-state index >= 15 is 0 Å². The molecule has 0 aliphatic rings. The van der Waals surface area contributed by atoms with Gasteiger partial charge in [0.25, 0.3) is 0 Å². The third kappa shape index (κ3) is 3.43. The van der Waals surface area contributed by atoms with Gasteiger partial charge >= 0.3 is 0 Å². The molecule has 0 unspecified atom stereocenters. The number of nitrogens with two attached hydrogens (primary N) is 2. The summed E-state index contributed by atoms with van der Waals surface area (Å²) in [5, 5.41) is 9.14. The predicted octanol–water partition coefficient (Wildman–Crippen LogP) is 1.29. The smallest absolute Gasteiger partial charge is 0.238 e. The van der Waals surface area contributed by atoms with Crippen molar-refractivity contribution in [3.05, 3.63) is 34.3 Å². The lowest BCUT2D eigenvalue weighted by Gasteiger charge is -2.09. The highest BCUT2D eigenvalue weighted by molar-refractivity contribution is 7.89. The minimum Gasteiger partial charge on any atom is -0.397 e. The van der Waals surface area contributed by atoms with Crippen molar-refractivity contribution in [2.45, 2.75) is 18.4 Å². The first-order chi connectivity index (χ1) is 8.86. The topological polar surface area (TPSA) is 111 Å². The average molecular weight is 298 g/mol. The molecule has 8 heteroatoms. The van der Waals surface area contributed by atoms with Crippen LogP contribution in [0.1, 0.15) is 9.88 Å². The highest BCUT2D eigenvalue weighted by atomic mass is 32.2. The van der Waals surface area contributed by atoms with E-state index in [1.807, 2.05) is 6.92 Å². The first-order valence-corrected chi connectivity index (χ1v) is 7.80. The minimum atomic E-state index is -3.73. The number of hydrogen-bond donors (Lipinski definition) is 3. The van der Waals surface area contributed by atoms with Gasteiger partial charge in [0.2, 0.25) is 10.0 Å². The summed E-state index contributed by atoms with van der Waals surface area (Å²) in [6.45, 7) is 2.45. The predicted molar refractivity (Wildman–Crippen MR) is 76.4 cm³/mol. The molecule has 0 saturated heterocycles. The zero-order valence-electron chi connectivity index (χ0n) is 10.3. The Morgan fingerprint density at radius 3 is 2.74 bits per heavy atom. The van der Waals surface area contributed by atoms with Gasteiger partial charge in [0.1, 0.15) is 0 Å². The zero-order chi connectivity index (χ0) is 14.0. The SMILES string of the molecule is Cc1ncc(CNc2cc(S(N)(=O)=O)ccc2N)s1. The lowest BCUT2D eigenvalue weighted by atomic mass is 10.2. The highest BCUT2D eigenvalue weighted by Gasteiger charge is 2.10. The molecule has 0 spiro atoms. The molecule has 0 atom stereocenters. The van der Waals surface area contributed by atoms with E-state index in [0.717, 1.165) is 9.88 Å². The van der Waals surface area contributed by atoms with Crippen molar-refractivity contribution >= 4 is 32.7 Å². The van der Waals surface area contributed by atoms with Crippen LogP contribution in [0.4, 0.5) is 11.4 Å². The van der Waals surface area contributed by atoms with E-state index in [-0.39, 0.29) is 4.90 Å². The Hall–Kier alpha value is -1.64. The number of nitrogens with one attached hydrogen (secondary N) is 1. The first-order valence-electron chi connectivity index (χ1n) is 5.44. The molecule has 0 aliphatic carbocycles. The summed E-state index contributed by atoms with van der Waals surface area (Å²) in [4.78, 5) is 5.21.